The lowest BCUT2D eigenvalue weighted by Crippen LogP contribution is -2.42. The van der Waals surface area contributed by atoms with Crippen molar-refractivity contribution in [3.8, 4) is 0 Å². The Labute approximate surface area is 113 Å². The lowest BCUT2D eigenvalue weighted by Gasteiger charge is -2.20. The zero-order valence-electron chi connectivity index (χ0n) is 11.6. The van der Waals surface area contributed by atoms with Crippen molar-refractivity contribution >= 4 is 23.8 Å². The van der Waals surface area contributed by atoms with E-state index in [-0.39, 0.29) is 12.6 Å². The minimum Gasteiger partial charge on any atom is -0.481 e. The van der Waals surface area contributed by atoms with Crippen LogP contribution >= 0.6 is 11.8 Å². The number of rotatable bonds is 8. The van der Waals surface area contributed by atoms with Crippen LogP contribution in [0.5, 0.6) is 0 Å². The van der Waals surface area contributed by atoms with Crippen molar-refractivity contribution in [1.82, 2.24) is 10.2 Å². The third-order valence-electron chi connectivity index (χ3n) is 2.58. The van der Waals surface area contributed by atoms with E-state index in [2.05, 4.69) is 5.32 Å². The molecule has 0 spiro atoms. The highest BCUT2D eigenvalue weighted by molar-refractivity contribution is 7.98. The van der Waals surface area contributed by atoms with Crippen molar-refractivity contribution in [3.05, 3.63) is 0 Å². The first kappa shape index (κ1) is 17.1. The molecular weight excluding hydrogens is 252 g/mol. The van der Waals surface area contributed by atoms with E-state index in [1.54, 1.807) is 23.7 Å². The van der Waals surface area contributed by atoms with Gasteiger partial charge in [0, 0.05) is 25.9 Å². The molecule has 5 nitrogen and oxygen atoms in total. The Bertz CT molecular complexity index is 272. The first-order valence-electron chi connectivity index (χ1n) is 6.09. The molecule has 2 N–H and O–H groups in total. The summed E-state index contributed by atoms with van der Waals surface area (Å²) in [6.45, 7) is 4.80. The monoisotopic (exact) mass is 276 g/mol. The van der Waals surface area contributed by atoms with Crippen molar-refractivity contribution in [2.24, 2.45) is 11.8 Å². The molecule has 1 unspecified atom stereocenters. The minimum atomic E-state index is -0.851. The number of carbonyl (C=O) groups excluding carboxylic acids is 1. The molecule has 106 valence electrons. The molecule has 0 aliphatic carbocycles. The van der Waals surface area contributed by atoms with Gasteiger partial charge in [0.05, 0.1) is 5.92 Å². The van der Waals surface area contributed by atoms with Gasteiger partial charge in [0.15, 0.2) is 0 Å². The number of aliphatic carboxylic acids is 1. The van der Waals surface area contributed by atoms with Gasteiger partial charge in [-0.3, -0.25) is 4.79 Å². The molecule has 0 radical (unpaired) electrons. The Morgan fingerprint density at radius 1 is 1.39 bits per heavy atom. The number of nitrogens with one attached hydrogen (secondary N) is 1. The zero-order valence-corrected chi connectivity index (χ0v) is 12.4. The van der Waals surface area contributed by atoms with E-state index in [1.807, 2.05) is 20.1 Å². The summed E-state index contributed by atoms with van der Waals surface area (Å²) in [5, 5.41) is 11.7. The molecule has 0 fully saturated rings. The average molecular weight is 276 g/mol. The molecule has 6 heteroatoms. The highest BCUT2D eigenvalue weighted by Gasteiger charge is 2.20. The molecule has 0 aromatic heterocycles. The van der Waals surface area contributed by atoms with Crippen LogP contribution in [0.1, 0.15) is 20.3 Å². The van der Waals surface area contributed by atoms with Crippen LogP contribution in [0, 0.1) is 11.8 Å². The van der Waals surface area contributed by atoms with Gasteiger partial charge in [-0.25, -0.2) is 4.79 Å². The number of thioether (sulfide) groups is 1. The average Bonchev–Trinajstić information content (AvgIpc) is 2.30. The van der Waals surface area contributed by atoms with E-state index < -0.39 is 11.9 Å². The standard InChI is InChI=1S/C12H24N2O3S/c1-9(2)7-10(11(15)16)8-13-12(17)14(3)5-6-18-4/h9-10H,5-8H2,1-4H3,(H,13,17)(H,15,16). The van der Waals surface area contributed by atoms with Crippen LogP contribution in [-0.4, -0.2) is 54.2 Å². The summed E-state index contributed by atoms with van der Waals surface area (Å²) in [5.41, 5.74) is 0. The van der Waals surface area contributed by atoms with Gasteiger partial charge in [0.1, 0.15) is 0 Å². The largest absolute Gasteiger partial charge is 0.481 e. The van der Waals surface area contributed by atoms with E-state index in [0.717, 1.165) is 5.75 Å². The molecule has 0 bridgehead atoms. The quantitative estimate of drug-likeness (QED) is 0.708. The number of carboxylic acids is 1. The number of carboxylic acid groups (broad SMARTS) is 1. The van der Waals surface area contributed by atoms with Crippen molar-refractivity contribution < 1.29 is 14.7 Å². The van der Waals surface area contributed by atoms with Crippen LogP contribution in [-0.2, 0) is 4.79 Å². The second-order valence-corrected chi connectivity index (χ2v) is 5.75. The molecule has 0 aromatic carbocycles. The van der Waals surface area contributed by atoms with E-state index in [4.69, 9.17) is 5.11 Å². The highest BCUT2D eigenvalue weighted by Crippen LogP contribution is 2.11. The first-order valence-corrected chi connectivity index (χ1v) is 7.48. The molecule has 18 heavy (non-hydrogen) atoms. The van der Waals surface area contributed by atoms with E-state index in [0.29, 0.717) is 18.9 Å². The Balaban J connectivity index is 4.10. The van der Waals surface area contributed by atoms with Gasteiger partial charge >= 0.3 is 12.0 Å². The Hall–Kier alpha value is -0.910. The molecule has 0 rings (SSSR count). The van der Waals surface area contributed by atoms with E-state index >= 15 is 0 Å². The number of carbonyl (C=O) groups is 2. The summed E-state index contributed by atoms with van der Waals surface area (Å²) in [7, 11) is 1.71. The molecule has 0 saturated carbocycles. The fourth-order valence-electron chi connectivity index (χ4n) is 1.52. The third kappa shape index (κ3) is 7.42. The van der Waals surface area contributed by atoms with Gasteiger partial charge in [0.25, 0.3) is 0 Å². The zero-order chi connectivity index (χ0) is 14.1. The summed E-state index contributed by atoms with van der Waals surface area (Å²) in [6, 6.07) is -0.209. The summed E-state index contributed by atoms with van der Waals surface area (Å²) in [4.78, 5) is 24.3. The molecule has 0 saturated heterocycles. The molecular formula is C12H24N2O3S. The molecule has 0 heterocycles. The van der Waals surface area contributed by atoms with Gasteiger partial charge in [-0.15, -0.1) is 0 Å². The SMILES string of the molecule is CSCCN(C)C(=O)NCC(CC(C)C)C(=O)O. The molecule has 1 atom stereocenters. The molecule has 0 aromatic rings. The Kier molecular flexibility index (Phi) is 8.62. The van der Waals surface area contributed by atoms with Crippen LogP contribution < -0.4 is 5.32 Å². The lowest BCUT2D eigenvalue weighted by molar-refractivity contribution is -0.142. The predicted molar refractivity (Wildman–Crippen MR) is 75.0 cm³/mol. The lowest BCUT2D eigenvalue weighted by atomic mass is 9.97. The van der Waals surface area contributed by atoms with Crippen molar-refractivity contribution in [3.63, 3.8) is 0 Å². The highest BCUT2D eigenvalue weighted by atomic mass is 32.2. The van der Waals surface area contributed by atoms with Crippen LogP contribution in [0.25, 0.3) is 0 Å². The summed E-state index contributed by atoms with van der Waals surface area (Å²) in [6.07, 6.45) is 2.55. The maximum absolute atomic E-state index is 11.7. The fourth-order valence-corrected chi connectivity index (χ4v) is 1.97. The van der Waals surface area contributed by atoms with Gasteiger partial charge in [-0.05, 0) is 18.6 Å². The number of amides is 2. The fraction of sp³-hybridized carbons (Fsp3) is 0.833. The first-order chi connectivity index (χ1) is 8.38. The maximum atomic E-state index is 11.7. The normalized spacial score (nSPS) is 12.3. The van der Waals surface area contributed by atoms with Crippen LogP contribution in [0.15, 0.2) is 0 Å². The maximum Gasteiger partial charge on any atom is 0.317 e. The second-order valence-electron chi connectivity index (χ2n) is 4.77. The summed E-state index contributed by atoms with van der Waals surface area (Å²) < 4.78 is 0. The molecule has 0 aliphatic heterocycles. The smallest absolute Gasteiger partial charge is 0.317 e. The van der Waals surface area contributed by atoms with E-state index in [9.17, 15) is 9.59 Å². The number of nitrogens with zero attached hydrogens (tertiary/aromatic N) is 1. The predicted octanol–water partition coefficient (Wildman–Crippen LogP) is 1.74. The second kappa shape index (κ2) is 9.08. The summed E-state index contributed by atoms with van der Waals surface area (Å²) >= 11 is 1.67. The van der Waals surface area contributed by atoms with Crippen LogP contribution in [0.4, 0.5) is 4.79 Å². The minimum absolute atomic E-state index is 0.190. The van der Waals surface area contributed by atoms with Crippen molar-refractivity contribution in [2.75, 3.05) is 32.1 Å². The number of urea groups is 1. The van der Waals surface area contributed by atoms with Gasteiger partial charge in [-0.2, -0.15) is 11.8 Å². The molecule has 0 aliphatic rings. The molecule has 2 amide bonds. The number of hydrogen-bond donors (Lipinski definition) is 2. The van der Waals surface area contributed by atoms with Crippen molar-refractivity contribution in [1.29, 1.82) is 0 Å². The van der Waals surface area contributed by atoms with Gasteiger partial charge in [-0.1, -0.05) is 13.8 Å². The van der Waals surface area contributed by atoms with Crippen LogP contribution in [0.2, 0.25) is 0 Å². The van der Waals surface area contributed by atoms with Gasteiger partial charge in [0.2, 0.25) is 0 Å². The van der Waals surface area contributed by atoms with Crippen molar-refractivity contribution in [2.45, 2.75) is 20.3 Å². The van der Waals surface area contributed by atoms with Gasteiger partial charge < -0.3 is 15.3 Å². The third-order valence-corrected chi connectivity index (χ3v) is 3.17. The Morgan fingerprint density at radius 3 is 2.44 bits per heavy atom. The Morgan fingerprint density at radius 2 is 2.00 bits per heavy atom. The topological polar surface area (TPSA) is 69.6 Å². The summed E-state index contributed by atoms with van der Waals surface area (Å²) in [5.74, 6) is -0.186. The van der Waals surface area contributed by atoms with Crippen LogP contribution in [0.3, 0.4) is 0 Å². The number of hydrogen-bond acceptors (Lipinski definition) is 3. The van der Waals surface area contributed by atoms with E-state index in [1.165, 1.54) is 0 Å².